The summed E-state index contributed by atoms with van der Waals surface area (Å²) in [4.78, 5) is 24.5. The number of aryl methyl sites for hydroxylation is 1. The van der Waals surface area contributed by atoms with Crippen molar-refractivity contribution in [3.8, 4) is 5.75 Å². The number of nitrogens with zero attached hydrogens (tertiary/aromatic N) is 1. The van der Waals surface area contributed by atoms with E-state index in [1.807, 2.05) is 6.92 Å². The molecule has 6 nitrogen and oxygen atoms in total. The minimum absolute atomic E-state index is 0.00104. The summed E-state index contributed by atoms with van der Waals surface area (Å²) in [6, 6.07) is 4.12. The molecule has 1 saturated heterocycles. The van der Waals surface area contributed by atoms with Gasteiger partial charge in [0, 0.05) is 11.6 Å². The third-order valence-electron chi connectivity index (χ3n) is 3.22. The monoisotopic (exact) mass is 313 g/mol. The van der Waals surface area contributed by atoms with Crippen LogP contribution < -0.4 is 4.74 Å². The summed E-state index contributed by atoms with van der Waals surface area (Å²) >= 11 is 5.85. The SMILES string of the molecule is Cc1cc(Cl)ccc1OCC(=O)N1CCOC[C@H]1C(=O)O. The zero-order valence-corrected chi connectivity index (χ0v) is 12.3. The molecule has 2 rings (SSSR count). The van der Waals surface area contributed by atoms with Gasteiger partial charge in [0.25, 0.3) is 5.91 Å². The molecule has 21 heavy (non-hydrogen) atoms. The fourth-order valence-corrected chi connectivity index (χ4v) is 2.33. The van der Waals surface area contributed by atoms with E-state index < -0.39 is 12.0 Å². The highest BCUT2D eigenvalue weighted by Crippen LogP contribution is 2.22. The van der Waals surface area contributed by atoms with Crippen LogP contribution in [0.1, 0.15) is 5.56 Å². The van der Waals surface area contributed by atoms with E-state index in [1.165, 1.54) is 4.90 Å². The molecular formula is C14H16ClNO5. The molecule has 1 amide bonds. The van der Waals surface area contributed by atoms with Crippen molar-refractivity contribution >= 4 is 23.5 Å². The molecule has 114 valence electrons. The second-order valence-corrected chi connectivity index (χ2v) is 5.15. The Morgan fingerprint density at radius 2 is 2.29 bits per heavy atom. The Balaban J connectivity index is 1.98. The van der Waals surface area contributed by atoms with Gasteiger partial charge in [-0.15, -0.1) is 0 Å². The minimum Gasteiger partial charge on any atom is -0.483 e. The minimum atomic E-state index is -1.08. The molecule has 7 heteroatoms. The molecule has 1 atom stereocenters. The molecule has 0 unspecified atom stereocenters. The normalized spacial score (nSPS) is 18.4. The second-order valence-electron chi connectivity index (χ2n) is 4.71. The summed E-state index contributed by atoms with van der Waals surface area (Å²) in [5, 5.41) is 9.68. The number of carboxylic acid groups (broad SMARTS) is 1. The number of aliphatic carboxylic acids is 1. The van der Waals surface area contributed by atoms with Gasteiger partial charge in [-0.3, -0.25) is 4.79 Å². The number of hydrogen-bond acceptors (Lipinski definition) is 4. The van der Waals surface area contributed by atoms with Crippen LogP contribution in [-0.4, -0.2) is 54.3 Å². The van der Waals surface area contributed by atoms with Crippen molar-refractivity contribution in [3.05, 3.63) is 28.8 Å². The topological polar surface area (TPSA) is 76.1 Å². The molecule has 0 saturated carbocycles. The zero-order chi connectivity index (χ0) is 15.4. The van der Waals surface area contributed by atoms with Crippen molar-refractivity contribution < 1.29 is 24.2 Å². The number of morpholine rings is 1. The maximum absolute atomic E-state index is 12.1. The number of carbonyl (C=O) groups excluding carboxylic acids is 1. The summed E-state index contributed by atoms with van der Waals surface area (Å²) in [5.41, 5.74) is 0.812. The zero-order valence-electron chi connectivity index (χ0n) is 11.5. The predicted octanol–water partition coefficient (Wildman–Crippen LogP) is 1.34. The number of carbonyl (C=O) groups is 2. The van der Waals surface area contributed by atoms with E-state index in [0.29, 0.717) is 17.4 Å². The lowest BCUT2D eigenvalue weighted by Gasteiger charge is -2.32. The van der Waals surface area contributed by atoms with Crippen molar-refractivity contribution in [2.45, 2.75) is 13.0 Å². The standard InChI is InChI=1S/C14H16ClNO5/c1-9-6-10(15)2-3-12(9)21-8-13(17)16-4-5-20-7-11(16)14(18)19/h2-3,6,11H,4-5,7-8H2,1H3,(H,18,19)/t11-/m0/s1. The summed E-state index contributed by atoms with van der Waals surface area (Å²) in [7, 11) is 0. The van der Waals surface area contributed by atoms with E-state index in [-0.39, 0.29) is 25.7 Å². The highest BCUT2D eigenvalue weighted by molar-refractivity contribution is 6.30. The van der Waals surface area contributed by atoms with E-state index >= 15 is 0 Å². The number of rotatable bonds is 4. The van der Waals surface area contributed by atoms with Gasteiger partial charge < -0.3 is 19.5 Å². The van der Waals surface area contributed by atoms with Crippen LogP contribution in [0.15, 0.2) is 18.2 Å². The number of ether oxygens (including phenoxy) is 2. The molecule has 1 aromatic carbocycles. The summed E-state index contributed by atoms with van der Waals surface area (Å²) < 4.78 is 10.5. The van der Waals surface area contributed by atoms with Crippen LogP contribution in [0.25, 0.3) is 0 Å². The smallest absolute Gasteiger partial charge is 0.328 e. The fourth-order valence-electron chi connectivity index (χ4n) is 2.10. The highest BCUT2D eigenvalue weighted by atomic mass is 35.5. The van der Waals surface area contributed by atoms with Gasteiger partial charge in [-0.1, -0.05) is 11.6 Å². The number of benzene rings is 1. The molecule has 1 aliphatic rings. The average Bonchev–Trinajstić information content (AvgIpc) is 2.46. The third-order valence-corrected chi connectivity index (χ3v) is 3.46. The Bertz CT molecular complexity index is 548. The number of carboxylic acids is 1. The lowest BCUT2D eigenvalue weighted by atomic mass is 10.2. The fraction of sp³-hybridized carbons (Fsp3) is 0.429. The Hall–Kier alpha value is -1.79. The summed E-state index contributed by atoms with van der Waals surface area (Å²) in [5.74, 6) is -0.904. The lowest BCUT2D eigenvalue weighted by Crippen LogP contribution is -2.53. The van der Waals surface area contributed by atoms with Crippen LogP contribution >= 0.6 is 11.6 Å². The summed E-state index contributed by atoms with van der Waals surface area (Å²) in [6.07, 6.45) is 0. The van der Waals surface area contributed by atoms with E-state index in [9.17, 15) is 9.59 Å². The molecule has 1 N–H and O–H groups in total. The van der Waals surface area contributed by atoms with Crippen LogP contribution in [0.5, 0.6) is 5.75 Å². The predicted molar refractivity (Wildman–Crippen MR) is 75.6 cm³/mol. The summed E-state index contributed by atoms with van der Waals surface area (Å²) in [6.45, 7) is 2.18. The first-order valence-corrected chi connectivity index (χ1v) is 6.86. The van der Waals surface area contributed by atoms with Crippen molar-refractivity contribution in [1.82, 2.24) is 4.90 Å². The van der Waals surface area contributed by atoms with Crippen LogP contribution in [-0.2, 0) is 14.3 Å². The van der Waals surface area contributed by atoms with Gasteiger partial charge in [0.05, 0.1) is 13.2 Å². The molecule has 0 radical (unpaired) electrons. The molecule has 1 fully saturated rings. The first kappa shape index (κ1) is 15.6. The Morgan fingerprint density at radius 3 is 2.95 bits per heavy atom. The first-order valence-electron chi connectivity index (χ1n) is 6.48. The first-order chi connectivity index (χ1) is 9.99. The Morgan fingerprint density at radius 1 is 1.52 bits per heavy atom. The molecule has 1 heterocycles. The molecule has 0 aliphatic carbocycles. The van der Waals surface area contributed by atoms with Gasteiger partial charge in [-0.05, 0) is 30.7 Å². The van der Waals surface area contributed by atoms with Gasteiger partial charge in [-0.25, -0.2) is 4.79 Å². The van der Waals surface area contributed by atoms with Gasteiger partial charge in [-0.2, -0.15) is 0 Å². The molecular weight excluding hydrogens is 298 g/mol. The number of hydrogen-bond donors (Lipinski definition) is 1. The van der Waals surface area contributed by atoms with Gasteiger partial charge in [0.15, 0.2) is 12.6 Å². The van der Waals surface area contributed by atoms with E-state index in [4.69, 9.17) is 26.2 Å². The van der Waals surface area contributed by atoms with Crippen molar-refractivity contribution in [2.24, 2.45) is 0 Å². The maximum atomic E-state index is 12.1. The van der Waals surface area contributed by atoms with Crippen molar-refractivity contribution in [3.63, 3.8) is 0 Å². The maximum Gasteiger partial charge on any atom is 0.328 e. The lowest BCUT2D eigenvalue weighted by molar-refractivity contribution is -0.159. The van der Waals surface area contributed by atoms with Crippen LogP contribution in [0.3, 0.4) is 0 Å². The van der Waals surface area contributed by atoms with Gasteiger partial charge in [0.1, 0.15) is 5.75 Å². The van der Waals surface area contributed by atoms with E-state index in [0.717, 1.165) is 5.56 Å². The largest absolute Gasteiger partial charge is 0.483 e. The van der Waals surface area contributed by atoms with E-state index in [2.05, 4.69) is 0 Å². The average molecular weight is 314 g/mol. The van der Waals surface area contributed by atoms with E-state index in [1.54, 1.807) is 18.2 Å². The molecule has 0 aromatic heterocycles. The van der Waals surface area contributed by atoms with Crippen LogP contribution in [0.2, 0.25) is 5.02 Å². The number of amides is 1. The van der Waals surface area contributed by atoms with Crippen LogP contribution in [0, 0.1) is 6.92 Å². The number of halogens is 1. The molecule has 1 aliphatic heterocycles. The Kier molecular flexibility index (Phi) is 5.03. The van der Waals surface area contributed by atoms with Crippen molar-refractivity contribution in [2.75, 3.05) is 26.4 Å². The quantitative estimate of drug-likeness (QED) is 0.908. The molecule has 1 aromatic rings. The molecule has 0 bridgehead atoms. The second kappa shape index (κ2) is 6.78. The highest BCUT2D eigenvalue weighted by Gasteiger charge is 2.32. The van der Waals surface area contributed by atoms with Crippen LogP contribution in [0.4, 0.5) is 0 Å². The Labute approximate surface area is 127 Å². The van der Waals surface area contributed by atoms with Gasteiger partial charge in [0.2, 0.25) is 0 Å². The third kappa shape index (κ3) is 3.86. The van der Waals surface area contributed by atoms with Gasteiger partial charge >= 0.3 is 5.97 Å². The van der Waals surface area contributed by atoms with Crippen molar-refractivity contribution in [1.29, 1.82) is 0 Å². The molecule has 0 spiro atoms.